The maximum absolute atomic E-state index is 12.8. The first-order valence-electron chi connectivity index (χ1n) is 6.93. The molecule has 0 saturated heterocycles. The first kappa shape index (κ1) is 17.1. The van der Waals surface area contributed by atoms with Crippen molar-refractivity contribution in [2.45, 2.75) is 26.3 Å². The van der Waals surface area contributed by atoms with Crippen LogP contribution in [0.5, 0.6) is 0 Å². The van der Waals surface area contributed by atoms with Gasteiger partial charge in [0.1, 0.15) is 12.4 Å². The summed E-state index contributed by atoms with van der Waals surface area (Å²) >= 11 is 0. The number of nitrogens with zero attached hydrogens (tertiary/aromatic N) is 1. The molecule has 0 aliphatic carbocycles. The molecule has 21 heavy (non-hydrogen) atoms. The van der Waals surface area contributed by atoms with Gasteiger partial charge in [0.25, 0.3) is 0 Å². The molecule has 0 fully saturated rings. The van der Waals surface area contributed by atoms with Crippen LogP contribution >= 0.6 is 0 Å². The van der Waals surface area contributed by atoms with E-state index in [1.165, 1.54) is 29.2 Å². The lowest BCUT2D eigenvalue weighted by atomic mass is 10.2. The van der Waals surface area contributed by atoms with Crippen LogP contribution in [0.15, 0.2) is 24.3 Å². The van der Waals surface area contributed by atoms with Gasteiger partial charge in [0.05, 0.1) is 0 Å². The van der Waals surface area contributed by atoms with Gasteiger partial charge in [-0.25, -0.2) is 4.39 Å². The van der Waals surface area contributed by atoms with Crippen LogP contribution < -0.4 is 10.6 Å². The van der Waals surface area contributed by atoms with Crippen LogP contribution in [0.1, 0.15) is 20.3 Å². The number of amides is 2. The molecule has 1 aromatic carbocycles. The van der Waals surface area contributed by atoms with Crippen molar-refractivity contribution in [2.75, 3.05) is 25.5 Å². The van der Waals surface area contributed by atoms with Crippen LogP contribution in [0.3, 0.4) is 0 Å². The van der Waals surface area contributed by atoms with Gasteiger partial charge in [0.15, 0.2) is 0 Å². The summed E-state index contributed by atoms with van der Waals surface area (Å²) in [4.78, 5) is 25.5. The Balaban J connectivity index is 2.60. The Morgan fingerprint density at radius 2 is 1.86 bits per heavy atom. The Kier molecular flexibility index (Phi) is 6.81. The monoisotopic (exact) mass is 295 g/mol. The summed E-state index contributed by atoms with van der Waals surface area (Å²) in [6.07, 6.45) is 0.346. The van der Waals surface area contributed by atoms with E-state index in [1.54, 1.807) is 7.05 Å². The molecule has 0 radical (unpaired) electrons. The average molecular weight is 295 g/mol. The summed E-state index contributed by atoms with van der Waals surface area (Å²) in [6.45, 7) is 4.28. The number of anilines is 1. The lowest BCUT2D eigenvalue weighted by molar-refractivity contribution is -0.136. The van der Waals surface area contributed by atoms with Gasteiger partial charge in [-0.05, 0) is 45.2 Å². The molecular weight excluding hydrogens is 273 g/mol. The van der Waals surface area contributed by atoms with Crippen molar-refractivity contribution in [3.63, 3.8) is 0 Å². The van der Waals surface area contributed by atoms with E-state index in [-0.39, 0.29) is 30.2 Å². The predicted molar refractivity (Wildman–Crippen MR) is 80.4 cm³/mol. The molecule has 0 heterocycles. The number of carbonyl (C=O) groups excluding carboxylic acids is 2. The second-order valence-electron chi connectivity index (χ2n) is 5.02. The van der Waals surface area contributed by atoms with Crippen molar-refractivity contribution in [2.24, 2.45) is 0 Å². The van der Waals surface area contributed by atoms with Crippen LogP contribution in [0.2, 0.25) is 0 Å². The normalized spacial score (nSPS) is 10.5. The third-order valence-corrected chi connectivity index (χ3v) is 2.97. The maximum Gasteiger partial charge on any atom is 0.244 e. The van der Waals surface area contributed by atoms with Gasteiger partial charge in [-0.1, -0.05) is 0 Å². The number of hydrogen-bond acceptors (Lipinski definition) is 3. The van der Waals surface area contributed by atoms with E-state index in [2.05, 4.69) is 10.6 Å². The molecular formula is C15H22FN3O2. The van der Waals surface area contributed by atoms with Gasteiger partial charge in [-0.15, -0.1) is 0 Å². The zero-order valence-electron chi connectivity index (χ0n) is 12.6. The first-order chi connectivity index (χ1) is 9.93. The van der Waals surface area contributed by atoms with E-state index in [0.29, 0.717) is 18.7 Å². The van der Waals surface area contributed by atoms with E-state index in [9.17, 15) is 14.0 Å². The average Bonchev–Trinajstić information content (AvgIpc) is 2.44. The van der Waals surface area contributed by atoms with Crippen LogP contribution in [-0.4, -0.2) is 42.9 Å². The highest BCUT2D eigenvalue weighted by Crippen LogP contribution is 2.09. The third-order valence-electron chi connectivity index (χ3n) is 2.97. The highest BCUT2D eigenvalue weighted by Gasteiger charge is 2.19. The standard InChI is InChI=1S/C15H22FN3O2/c1-11(2)19(15(21)8-9-17-3)10-14(20)18-13-6-4-12(16)5-7-13/h4-7,11,17H,8-10H2,1-3H3,(H,18,20). The molecule has 5 nitrogen and oxygen atoms in total. The molecule has 6 heteroatoms. The fourth-order valence-electron chi connectivity index (χ4n) is 1.82. The van der Waals surface area contributed by atoms with Gasteiger partial charge in [-0.3, -0.25) is 9.59 Å². The molecule has 0 atom stereocenters. The number of hydrogen-bond donors (Lipinski definition) is 2. The molecule has 0 saturated carbocycles. The molecule has 1 rings (SSSR count). The summed E-state index contributed by atoms with van der Waals surface area (Å²) < 4.78 is 12.8. The van der Waals surface area contributed by atoms with Gasteiger partial charge >= 0.3 is 0 Å². The predicted octanol–water partition coefficient (Wildman–Crippen LogP) is 1.61. The highest BCUT2D eigenvalue weighted by molar-refractivity contribution is 5.94. The van der Waals surface area contributed by atoms with Crippen molar-refractivity contribution in [3.05, 3.63) is 30.1 Å². The van der Waals surface area contributed by atoms with Crippen LogP contribution in [-0.2, 0) is 9.59 Å². The first-order valence-corrected chi connectivity index (χ1v) is 6.93. The molecule has 2 amide bonds. The smallest absolute Gasteiger partial charge is 0.244 e. The molecule has 116 valence electrons. The molecule has 0 aliphatic rings. The largest absolute Gasteiger partial charge is 0.331 e. The summed E-state index contributed by atoms with van der Waals surface area (Å²) in [5.41, 5.74) is 0.507. The Morgan fingerprint density at radius 3 is 2.38 bits per heavy atom. The number of halogens is 1. The zero-order valence-corrected chi connectivity index (χ0v) is 12.6. The minimum Gasteiger partial charge on any atom is -0.331 e. The zero-order chi connectivity index (χ0) is 15.8. The number of benzene rings is 1. The third kappa shape index (κ3) is 5.91. The molecule has 0 aliphatic heterocycles. The minimum absolute atomic E-state index is 0.0163. The molecule has 0 bridgehead atoms. The van der Waals surface area contributed by atoms with E-state index >= 15 is 0 Å². The second kappa shape index (κ2) is 8.36. The number of nitrogens with one attached hydrogen (secondary N) is 2. The van der Waals surface area contributed by atoms with Crippen LogP contribution in [0, 0.1) is 5.82 Å². The minimum atomic E-state index is -0.362. The van der Waals surface area contributed by atoms with Gasteiger partial charge in [-0.2, -0.15) is 0 Å². The number of rotatable bonds is 7. The van der Waals surface area contributed by atoms with Gasteiger partial charge in [0, 0.05) is 24.7 Å². The Morgan fingerprint density at radius 1 is 1.24 bits per heavy atom. The van der Waals surface area contributed by atoms with Crippen LogP contribution in [0.4, 0.5) is 10.1 Å². The SMILES string of the molecule is CNCCC(=O)N(CC(=O)Nc1ccc(F)cc1)C(C)C. The highest BCUT2D eigenvalue weighted by atomic mass is 19.1. The maximum atomic E-state index is 12.8. The molecule has 2 N–H and O–H groups in total. The van der Waals surface area contributed by atoms with Crippen molar-refractivity contribution >= 4 is 17.5 Å². The van der Waals surface area contributed by atoms with Crippen molar-refractivity contribution in [3.8, 4) is 0 Å². The summed E-state index contributed by atoms with van der Waals surface area (Å²) in [5.74, 6) is -0.735. The Bertz CT molecular complexity index is 474. The Hall–Kier alpha value is -1.95. The molecule has 0 spiro atoms. The fraction of sp³-hybridized carbons (Fsp3) is 0.467. The summed E-state index contributed by atoms with van der Waals surface area (Å²) in [6, 6.07) is 5.45. The molecule has 0 unspecified atom stereocenters. The molecule has 1 aromatic rings. The van der Waals surface area contributed by atoms with Crippen LogP contribution in [0.25, 0.3) is 0 Å². The van der Waals surface area contributed by atoms with Crippen molar-refractivity contribution in [1.82, 2.24) is 10.2 Å². The quantitative estimate of drug-likeness (QED) is 0.803. The van der Waals surface area contributed by atoms with E-state index in [4.69, 9.17) is 0 Å². The van der Waals surface area contributed by atoms with Crippen molar-refractivity contribution in [1.29, 1.82) is 0 Å². The summed E-state index contributed by atoms with van der Waals surface area (Å²) in [5, 5.41) is 5.56. The lowest BCUT2D eigenvalue weighted by Crippen LogP contribution is -2.43. The lowest BCUT2D eigenvalue weighted by Gasteiger charge is -2.26. The van der Waals surface area contributed by atoms with E-state index in [1.807, 2.05) is 13.8 Å². The second-order valence-corrected chi connectivity index (χ2v) is 5.02. The number of carbonyl (C=O) groups is 2. The summed E-state index contributed by atoms with van der Waals surface area (Å²) in [7, 11) is 1.77. The van der Waals surface area contributed by atoms with Crippen molar-refractivity contribution < 1.29 is 14.0 Å². The van der Waals surface area contributed by atoms with Gasteiger partial charge < -0.3 is 15.5 Å². The van der Waals surface area contributed by atoms with Gasteiger partial charge in [0.2, 0.25) is 11.8 Å². The van der Waals surface area contributed by atoms with E-state index in [0.717, 1.165) is 0 Å². The van der Waals surface area contributed by atoms with E-state index < -0.39 is 0 Å². The topological polar surface area (TPSA) is 61.4 Å². The fourth-order valence-corrected chi connectivity index (χ4v) is 1.82. The Labute approximate surface area is 124 Å². The molecule has 0 aromatic heterocycles.